The van der Waals surface area contributed by atoms with Gasteiger partial charge in [0.05, 0.1) is 21.3 Å². The summed E-state index contributed by atoms with van der Waals surface area (Å²) in [4.78, 5) is 4.23. The molecule has 21 heavy (non-hydrogen) atoms. The molecule has 0 unspecified atom stereocenters. The Labute approximate surface area is 129 Å². The quantitative estimate of drug-likeness (QED) is 0.550. The van der Waals surface area contributed by atoms with E-state index in [2.05, 4.69) is 10.1 Å². The van der Waals surface area contributed by atoms with Gasteiger partial charge in [-0.15, -0.1) is 0 Å². The van der Waals surface area contributed by atoms with Crippen LogP contribution in [0.2, 0.25) is 10.0 Å². The third-order valence-corrected chi connectivity index (χ3v) is 3.64. The number of nitrogens with two attached hydrogens (primary N) is 1. The molecule has 5 nitrogen and oxygen atoms in total. The van der Waals surface area contributed by atoms with Gasteiger partial charge in [-0.1, -0.05) is 34.4 Å². The van der Waals surface area contributed by atoms with Crippen molar-refractivity contribution >= 4 is 28.9 Å². The van der Waals surface area contributed by atoms with Crippen LogP contribution >= 0.6 is 23.2 Å². The molecule has 3 rings (SSSR count). The van der Waals surface area contributed by atoms with Crippen LogP contribution in [0.15, 0.2) is 40.9 Å². The minimum absolute atomic E-state index is 0.0955. The van der Waals surface area contributed by atoms with Crippen molar-refractivity contribution in [2.45, 2.75) is 0 Å². The van der Waals surface area contributed by atoms with Gasteiger partial charge in [-0.2, -0.15) is 4.98 Å². The van der Waals surface area contributed by atoms with E-state index < -0.39 is 0 Å². The summed E-state index contributed by atoms with van der Waals surface area (Å²) in [6.45, 7) is 0. The van der Waals surface area contributed by atoms with E-state index in [1.54, 1.807) is 36.4 Å². The molecule has 106 valence electrons. The molecule has 0 aliphatic carbocycles. The molecule has 0 saturated heterocycles. The first-order chi connectivity index (χ1) is 10.1. The average Bonchev–Trinajstić information content (AvgIpc) is 2.94. The number of anilines is 1. The molecule has 1 aromatic heterocycles. The third-order valence-electron chi connectivity index (χ3n) is 2.90. The van der Waals surface area contributed by atoms with Crippen molar-refractivity contribution < 1.29 is 9.63 Å². The normalized spacial score (nSPS) is 10.8. The summed E-state index contributed by atoms with van der Waals surface area (Å²) in [7, 11) is 0. The number of para-hydroxylation sites is 1. The predicted octanol–water partition coefficient (Wildman–Crippen LogP) is 4.00. The van der Waals surface area contributed by atoms with Crippen molar-refractivity contribution in [3.63, 3.8) is 0 Å². The second-order valence-electron chi connectivity index (χ2n) is 4.30. The molecule has 1 heterocycles. The lowest BCUT2D eigenvalue weighted by atomic mass is 10.1. The molecule has 2 aromatic carbocycles. The van der Waals surface area contributed by atoms with Crippen LogP contribution in [-0.2, 0) is 0 Å². The SMILES string of the molecule is Nc1cccc(-c2nc(-c3ccc(Cl)c(Cl)c3)no2)c1O. The number of phenolic OH excluding ortho intramolecular Hbond substituents is 1. The van der Waals surface area contributed by atoms with Crippen LogP contribution in [0.25, 0.3) is 22.8 Å². The highest BCUT2D eigenvalue weighted by Crippen LogP contribution is 2.34. The van der Waals surface area contributed by atoms with Crippen LogP contribution in [-0.4, -0.2) is 15.2 Å². The molecule has 0 spiro atoms. The Morgan fingerprint density at radius 2 is 1.90 bits per heavy atom. The summed E-state index contributed by atoms with van der Waals surface area (Å²) in [6.07, 6.45) is 0. The number of aromatic nitrogens is 2. The minimum Gasteiger partial charge on any atom is -0.505 e. The van der Waals surface area contributed by atoms with Crippen molar-refractivity contribution in [1.29, 1.82) is 0 Å². The highest BCUT2D eigenvalue weighted by molar-refractivity contribution is 6.42. The van der Waals surface area contributed by atoms with Gasteiger partial charge >= 0.3 is 0 Å². The van der Waals surface area contributed by atoms with Gasteiger partial charge in [0, 0.05) is 5.56 Å². The van der Waals surface area contributed by atoms with Crippen molar-refractivity contribution in [3.05, 3.63) is 46.4 Å². The van der Waals surface area contributed by atoms with E-state index >= 15 is 0 Å². The van der Waals surface area contributed by atoms with E-state index in [4.69, 9.17) is 33.5 Å². The van der Waals surface area contributed by atoms with E-state index in [0.717, 1.165) is 0 Å². The topological polar surface area (TPSA) is 85.2 Å². The van der Waals surface area contributed by atoms with Crippen LogP contribution in [0.3, 0.4) is 0 Å². The highest BCUT2D eigenvalue weighted by atomic mass is 35.5. The Hall–Kier alpha value is -2.24. The Morgan fingerprint density at radius 3 is 2.67 bits per heavy atom. The first-order valence-corrected chi connectivity index (χ1v) is 6.69. The number of phenols is 1. The van der Waals surface area contributed by atoms with Gasteiger partial charge in [-0.05, 0) is 30.3 Å². The van der Waals surface area contributed by atoms with Crippen LogP contribution in [0, 0.1) is 0 Å². The lowest BCUT2D eigenvalue weighted by Crippen LogP contribution is -1.88. The van der Waals surface area contributed by atoms with Gasteiger partial charge in [0.1, 0.15) is 0 Å². The summed E-state index contributed by atoms with van der Waals surface area (Å²) >= 11 is 11.8. The van der Waals surface area contributed by atoms with Crippen LogP contribution in [0.4, 0.5) is 5.69 Å². The summed E-state index contributed by atoms with van der Waals surface area (Å²) in [5, 5.41) is 14.6. The predicted molar refractivity (Wildman–Crippen MR) is 81.3 cm³/mol. The third kappa shape index (κ3) is 2.53. The molecule has 3 aromatic rings. The summed E-state index contributed by atoms with van der Waals surface area (Å²) < 4.78 is 5.16. The number of halogens is 2. The fourth-order valence-electron chi connectivity index (χ4n) is 1.82. The van der Waals surface area contributed by atoms with Crippen LogP contribution in [0.1, 0.15) is 0 Å². The zero-order valence-corrected chi connectivity index (χ0v) is 12.1. The lowest BCUT2D eigenvalue weighted by Gasteiger charge is -2.01. The van der Waals surface area contributed by atoms with Crippen molar-refractivity contribution in [2.75, 3.05) is 5.73 Å². The molecular weight excluding hydrogens is 313 g/mol. The number of nitrogens with zero attached hydrogens (tertiary/aromatic N) is 2. The average molecular weight is 322 g/mol. The fourth-order valence-corrected chi connectivity index (χ4v) is 2.12. The summed E-state index contributed by atoms with van der Waals surface area (Å²) in [5.74, 6) is 0.410. The van der Waals surface area contributed by atoms with E-state index in [1.165, 1.54) is 0 Å². The fraction of sp³-hybridized carbons (Fsp3) is 0. The van der Waals surface area contributed by atoms with Crippen molar-refractivity contribution in [1.82, 2.24) is 10.1 Å². The van der Waals surface area contributed by atoms with E-state index in [1.807, 2.05) is 0 Å². The zero-order valence-electron chi connectivity index (χ0n) is 10.5. The Balaban J connectivity index is 2.03. The van der Waals surface area contributed by atoms with Crippen LogP contribution < -0.4 is 5.73 Å². The lowest BCUT2D eigenvalue weighted by molar-refractivity contribution is 0.426. The van der Waals surface area contributed by atoms with E-state index in [0.29, 0.717) is 27.0 Å². The zero-order chi connectivity index (χ0) is 15.0. The van der Waals surface area contributed by atoms with Gasteiger partial charge in [-0.25, -0.2) is 0 Å². The molecular formula is C14H9Cl2N3O2. The van der Waals surface area contributed by atoms with Gasteiger partial charge < -0.3 is 15.4 Å². The molecule has 0 aliphatic rings. The second-order valence-corrected chi connectivity index (χ2v) is 5.11. The van der Waals surface area contributed by atoms with E-state index in [-0.39, 0.29) is 17.3 Å². The molecule has 0 bridgehead atoms. The molecule has 3 N–H and O–H groups in total. The maximum atomic E-state index is 9.92. The summed E-state index contributed by atoms with van der Waals surface area (Å²) in [5.41, 5.74) is 6.90. The molecule has 0 saturated carbocycles. The van der Waals surface area contributed by atoms with Gasteiger partial charge in [-0.3, -0.25) is 0 Å². The monoisotopic (exact) mass is 321 g/mol. The maximum absolute atomic E-state index is 9.92. The minimum atomic E-state index is -0.0955. The molecule has 0 fully saturated rings. The summed E-state index contributed by atoms with van der Waals surface area (Å²) in [6, 6.07) is 9.91. The number of rotatable bonds is 2. The number of aromatic hydroxyl groups is 1. The van der Waals surface area contributed by atoms with Crippen molar-refractivity contribution in [3.8, 4) is 28.6 Å². The van der Waals surface area contributed by atoms with E-state index in [9.17, 15) is 5.11 Å². The van der Waals surface area contributed by atoms with Crippen molar-refractivity contribution in [2.24, 2.45) is 0 Å². The molecule has 0 radical (unpaired) electrons. The smallest absolute Gasteiger partial charge is 0.262 e. The first-order valence-electron chi connectivity index (χ1n) is 5.93. The van der Waals surface area contributed by atoms with Gasteiger partial charge in [0.25, 0.3) is 5.89 Å². The molecule has 7 heteroatoms. The highest BCUT2D eigenvalue weighted by Gasteiger charge is 2.15. The molecule has 0 aliphatic heterocycles. The number of benzene rings is 2. The number of hydrogen-bond donors (Lipinski definition) is 2. The molecule has 0 atom stereocenters. The maximum Gasteiger partial charge on any atom is 0.262 e. The Kier molecular flexibility index (Phi) is 3.45. The second kappa shape index (κ2) is 5.27. The Bertz CT molecular complexity index is 818. The standard InChI is InChI=1S/C14H9Cl2N3O2/c15-9-5-4-7(6-10(9)16)13-18-14(21-19-13)8-2-1-3-11(17)12(8)20/h1-6,20H,17H2. The van der Waals surface area contributed by atoms with Crippen LogP contribution in [0.5, 0.6) is 5.75 Å². The number of nitrogen functional groups attached to an aromatic ring is 1. The Morgan fingerprint density at radius 1 is 1.10 bits per heavy atom. The molecule has 0 amide bonds. The van der Waals surface area contributed by atoms with Gasteiger partial charge in [0.15, 0.2) is 5.75 Å². The largest absolute Gasteiger partial charge is 0.505 e. The first kappa shape index (κ1) is 13.7. The van der Waals surface area contributed by atoms with Gasteiger partial charge in [0.2, 0.25) is 5.82 Å². The number of hydrogen-bond acceptors (Lipinski definition) is 5.